The molecule has 1 aliphatic rings. The molecule has 25 heavy (non-hydrogen) atoms. The predicted molar refractivity (Wildman–Crippen MR) is 90.4 cm³/mol. The number of nitrogens with zero attached hydrogens (tertiary/aromatic N) is 1. The molecule has 0 aromatic heterocycles. The minimum absolute atomic E-state index is 0.190. The summed E-state index contributed by atoms with van der Waals surface area (Å²) in [7, 11) is -2.55. The Hall–Kier alpha value is -2.52. The van der Waals surface area contributed by atoms with Crippen molar-refractivity contribution in [2.75, 3.05) is 12.4 Å². The van der Waals surface area contributed by atoms with Crippen molar-refractivity contribution in [2.24, 2.45) is 0 Å². The molecule has 0 spiro atoms. The highest BCUT2D eigenvalue weighted by Crippen LogP contribution is 2.37. The van der Waals surface area contributed by atoms with Gasteiger partial charge < -0.3 is 5.32 Å². The molecule has 9 heteroatoms. The summed E-state index contributed by atoms with van der Waals surface area (Å²) in [5.41, 5.74) is 1.61. The number of fused-ring (bicyclic) bond motifs is 1. The topological polar surface area (TPSA) is 101 Å². The molecule has 3 rings (SSSR count). The number of benzene rings is 2. The van der Waals surface area contributed by atoms with Crippen LogP contribution in [0, 0.1) is 15.9 Å². The Morgan fingerprint density at radius 3 is 2.68 bits per heavy atom. The van der Waals surface area contributed by atoms with Gasteiger partial charge in [0.15, 0.2) is 0 Å². The lowest BCUT2D eigenvalue weighted by atomic mass is 10.1. The first kappa shape index (κ1) is 17.3. The zero-order valence-corrected chi connectivity index (χ0v) is 14.1. The average molecular weight is 365 g/mol. The van der Waals surface area contributed by atoms with E-state index in [1.54, 1.807) is 6.07 Å². The Bertz CT molecular complexity index is 946. The third-order valence-corrected chi connectivity index (χ3v) is 5.67. The summed E-state index contributed by atoms with van der Waals surface area (Å²) in [6, 6.07) is 7.92. The maximum Gasteiger partial charge on any atom is 0.293 e. The Balaban J connectivity index is 1.97. The van der Waals surface area contributed by atoms with Crippen molar-refractivity contribution in [2.45, 2.75) is 23.8 Å². The van der Waals surface area contributed by atoms with Crippen LogP contribution in [0.3, 0.4) is 0 Å². The van der Waals surface area contributed by atoms with E-state index in [2.05, 4.69) is 10.0 Å². The molecule has 132 valence electrons. The third kappa shape index (κ3) is 3.33. The number of hydrogen-bond donors (Lipinski definition) is 2. The van der Waals surface area contributed by atoms with Crippen LogP contribution in [-0.4, -0.2) is 20.4 Å². The van der Waals surface area contributed by atoms with Crippen molar-refractivity contribution in [3.63, 3.8) is 0 Å². The first-order valence-electron chi connectivity index (χ1n) is 7.58. The molecule has 0 bridgehead atoms. The van der Waals surface area contributed by atoms with Gasteiger partial charge in [0.1, 0.15) is 11.5 Å². The van der Waals surface area contributed by atoms with Crippen LogP contribution in [0.1, 0.15) is 23.6 Å². The van der Waals surface area contributed by atoms with Crippen LogP contribution in [0.2, 0.25) is 0 Å². The first-order chi connectivity index (χ1) is 11.8. The lowest BCUT2D eigenvalue weighted by molar-refractivity contribution is -0.384. The molecule has 0 saturated carbocycles. The van der Waals surface area contributed by atoms with Gasteiger partial charge in [-0.1, -0.05) is 6.07 Å². The third-order valence-electron chi connectivity index (χ3n) is 4.26. The summed E-state index contributed by atoms with van der Waals surface area (Å²) >= 11 is 0. The van der Waals surface area contributed by atoms with E-state index in [0.29, 0.717) is 6.42 Å². The number of halogens is 1. The number of nitrogens with one attached hydrogen (secondary N) is 2. The molecule has 1 unspecified atom stereocenters. The maximum atomic E-state index is 13.5. The fraction of sp³-hybridized carbons (Fsp3) is 0.250. The van der Waals surface area contributed by atoms with Gasteiger partial charge in [-0.05, 0) is 55.3 Å². The summed E-state index contributed by atoms with van der Waals surface area (Å²) in [6.45, 7) is 0. The highest BCUT2D eigenvalue weighted by Gasteiger charge is 2.26. The molecule has 0 saturated heterocycles. The van der Waals surface area contributed by atoms with Gasteiger partial charge in [0.2, 0.25) is 10.0 Å². The second-order valence-corrected chi connectivity index (χ2v) is 7.61. The number of aryl methyl sites for hydroxylation is 1. The molecule has 1 atom stereocenters. The van der Waals surface area contributed by atoms with E-state index in [0.717, 1.165) is 23.6 Å². The van der Waals surface area contributed by atoms with Crippen molar-refractivity contribution in [3.8, 4) is 0 Å². The lowest BCUT2D eigenvalue weighted by Gasteiger charge is -2.16. The molecule has 0 amide bonds. The molecule has 2 aromatic carbocycles. The number of nitro benzene ring substituents is 1. The number of nitro groups is 1. The molecule has 7 nitrogen and oxygen atoms in total. The summed E-state index contributed by atoms with van der Waals surface area (Å²) < 4.78 is 39.3. The summed E-state index contributed by atoms with van der Waals surface area (Å²) in [6.07, 6.45) is 1.42. The molecule has 2 N–H and O–H groups in total. The summed E-state index contributed by atoms with van der Waals surface area (Å²) in [4.78, 5) is 10.5. The zero-order chi connectivity index (χ0) is 18.2. The minimum atomic E-state index is -3.78. The minimum Gasteiger partial charge on any atom is -0.373 e. The molecular weight excluding hydrogens is 349 g/mol. The molecule has 0 radical (unpaired) electrons. The standard InChI is InChI=1S/C16H16FN3O4S/c1-18-25(23,24)12-5-7-15(16(9-12)20(21)22)19-14-6-3-10-2-4-11(17)8-13(10)14/h2,4-5,7-9,14,18-19H,3,6H2,1H3. The van der Waals surface area contributed by atoms with Gasteiger partial charge >= 0.3 is 0 Å². The van der Waals surface area contributed by atoms with E-state index >= 15 is 0 Å². The van der Waals surface area contributed by atoms with Crippen molar-refractivity contribution >= 4 is 21.4 Å². The molecule has 1 aliphatic carbocycles. The monoisotopic (exact) mass is 365 g/mol. The maximum absolute atomic E-state index is 13.5. The highest BCUT2D eigenvalue weighted by atomic mass is 32.2. The van der Waals surface area contributed by atoms with Crippen LogP contribution < -0.4 is 10.0 Å². The Morgan fingerprint density at radius 1 is 1.24 bits per heavy atom. The van der Waals surface area contributed by atoms with Crippen LogP contribution in [0.25, 0.3) is 0 Å². The Kier molecular flexibility index (Phi) is 4.44. The SMILES string of the molecule is CNS(=O)(=O)c1ccc(NC2CCc3ccc(F)cc32)c([N+](=O)[O-])c1. The average Bonchev–Trinajstić information content (AvgIpc) is 2.97. The lowest BCUT2D eigenvalue weighted by Crippen LogP contribution is -2.19. The van der Waals surface area contributed by atoms with Gasteiger partial charge in [-0.15, -0.1) is 0 Å². The van der Waals surface area contributed by atoms with Crippen LogP contribution in [0.5, 0.6) is 0 Å². The normalized spacial score (nSPS) is 16.5. The molecular formula is C16H16FN3O4S. The van der Waals surface area contributed by atoms with E-state index in [1.807, 2.05) is 0 Å². The highest BCUT2D eigenvalue weighted by molar-refractivity contribution is 7.89. The van der Waals surface area contributed by atoms with Crippen LogP contribution in [0.15, 0.2) is 41.3 Å². The predicted octanol–water partition coefficient (Wildman–Crippen LogP) is 2.74. The Labute approximate surface area is 144 Å². The van der Waals surface area contributed by atoms with E-state index in [9.17, 15) is 22.9 Å². The number of rotatable bonds is 5. The van der Waals surface area contributed by atoms with Crippen LogP contribution in [-0.2, 0) is 16.4 Å². The van der Waals surface area contributed by atoms with Crippen molar-refractivity contribution < 1.29 is 17.7 Å². The van der Waals surface area contributed by atoms with Crippen LogP contribution >= 0.6 is 0 Å². The fourth-order valence-electron chi connectivity index (χ4n) is 2.98. The quantitative estimate of drug-likeness (QED) is 0.627. The van der Waals surface area contributed by atoms with Crippen molar-refractivity contribution in [1.29, 1.82) is 0 Å². The van der Waals surface area contributed by atoms with Gasteiger partial charge in [0.25, 0.3) is 5.69 Å². The van der Waals surface area contributed by atoms with Gasteiger partial charge in [-0.2, -0.15) is 0 Å². The smallest absolute Gasteiger partial charge is 0.293 e. The van der Waals surface area contributed by atoms with Crippen LogP contribution in [0.4, 0.5) is 15.8 Å². The van der Waals surface area contributed by atoms with Gasteiger partial charge in [-0.25, -0.2) is 17.5 Å². The van der Waals surface area contributed by atoms with Crippen molar-refractivity contribution in [3.05, 3.63) is 63.5 Å². The second kappa shape index (κ2) is 6.41. The second-order valence-electron chi connectivity index (χ2n) is 5.72. The largest absolute Gasteiger partial charge is 0.373 e. The number of anilines is 1. The molecule has 0 aliphatic heterocycles. The zero-order valence-electron chi connectivity index (χ0n) is 13.3. The summed E-state index contributed by atoms with van der Waals surface area (Å²) in [5.74, 6) is -0.364. The Morgan fingerprint density at radius 2 is 2.00 bits per heavy atom. The fourth-order valence-corrected chi connectivity index (χ4v) is 3.73. The number of sulfonamides is 1. The van der Waals surface area contributed by atoms with Gasteiger partial charge in [0, 0.05) is 6.07 Å². The molecule has 2 aromatic rings. The van der Waals surface area contributed by atoms with E-state index < -0.39 is 14.9 Å². The summed E-state index contributed by atoms with van der Waals surface area (Å²) in [5, 5.41) is 14.4. The molecule has 0 fully saturated rings. The van der Waals surface area contributed by atoms with E-state index in [-0.39, 0.29) is 28.1 Å². The van der Waals surface area contributed by atoms with Crippen molar-refractivity contribution in [1.82, 2.24) is 4.72 Å². The van der Waals surface area contributed by atoms with E-state index in [1.165, 1.54) is 31.3 Å². The number of hydrogen-bond acceptors (Lipinski definition) is 5. The van der Waals surface area contributed by atoms with Gasteiger partial charge in [-0.3, -0.25) is 10.1 Å². The molecule has 0 heterocycles. The van der Waals surface area contributed by atoms with E-state index in [4.69, 9.17) is 0 Å². The van der Waals surface area contributed by atoms with Gasteiger partial charge in [0.05, 0.1) is 15.9 Å². The first-order valence-corrected chi connectivity index (χ1v) is 9.07.